The van der Waals surface area contributed by atoms with Crippen LogP contribution in [0.4, 0.5) is 0 Å². The molecule has 21 heavy (non-hydrogen) atoms. The summed E-state index contributed by atoms with van der Waals surface area (Å²) in [5.74, 6) is 0.255. The molecule has 116 valence electrons. The van der Waals surface area contributed by atoms with E-state index in [1.165, 1.54) is 0 Å². The van der Waals surface area contributed by atoms with Gasteiger partial charge in [-0.3, -0.25) is 4.57 Å². The first kappa shape index (κ1) is 17.4. The van der Waals surface area contributed by atoms with Crippen LogP contribution in [0, 0.1) is 12.0 Å². The fourth-order valence-corrected chi connectivity index (χ4v) is 5.02. The summed E-state index contributed by atoms with van der Waals surface area (Å²) in [6, 6.07) is 8.00. The molecule has 2 aliphatic heterocycles. The van der Waals surface area contributed by atoms with E-state index >= 15 is 0 Å². The van der Waals surface area contributed by atoms with Gasteiger partial charge in [-0.2, -0.15) is 13.0 Å². The van der Waals surface area contributed by atoms with Gasteiger partial charge in [0.2, 0.25) is 0 Å². The van der Waals surface area contributed by atoms with Gasteiger partial charge in [-0.25, -0.2) is 0 Å². The van der Waals surface area contributed by atoms with Crippen molar-refractivity contribution in [3.05, 3.63) is 41.5 Å². The molecule has 0 saturated carbocycles. The molecular formula is C15H20O4PW-. The van der Waals surface area contributed by atoms with Crippen LogP contribution in [0.15, 0.2) is 24.3 Å². The van der Waals surface area contributed by atoms with E-state index in [0.717, 1.165) is 11.1 Å². The van der Waals surface area contributed by atoms with E-state index in [2.05, 4.69) is 0 Å². The van der Waals surface area contributed by atoms with E-state index in [0.29, 0.717) is 18.9 Å². The SMILES string of the molecule is C[C-]1OP(=O)(CC(C)C)OC2c3ccccc3COC12.[W]. The van der Waals surface area contributed by atoms with Crippen LogP contribution >= 0.6 is 7.60 Å². The second-order valence-corrected chi connectivity index (χ2v) is 7.83. The fraction of sp³-hybridized carbons (Fsp3) is 0.533. The van der Waals surface area contributed by atoms with Gasteiger partial charge in [0.05, 0.1) is 18.9 Å². The van der Waals surface area contributed by atoms with E-state index in [4.69, 9.17) is 13.8 Å². The van der Waals surface area contributed by atoms with Crippen LogP contribution in [-0.4, -0.2) is 12.3 Å². The molecular weight excluding hydrogens is 459 g/mol. The third-order valence-electron chi connectivity index (χ3n) is 3.60. The molecule has 1 fully saturated rings. The Morgan fingerprint density at radius 1 is 1.38 bits per heavy atom. The van der Waals surface area contributed by atoms with Crippen LogP contribution in [0.5, 0.6) is 0 Å². The first-order valence-corrected chi connectivity index (χ1v) is 8.71. The summed E-state index contributed by atoms with van der Waals surface area (Å²) in [7, 11) is -3.09. The van der Waals surface area contributed by atoms with Crippen LogP contribution in [-0.2, 0) is 46.0 Å². The van der Waals surface area contributed by atoms with Gasteiger partial charge in [0, 0.05) is 21.1 Å². The summed E-state index contributed by atoms with van der Waals surface area (Å²) >= 11 is 0. The Kier molecular flexibility index (Phi) is 5.49. The van der Waals surface area contributed by atoms with Gasteiger partial charge >= 0.3 is 7.60 Å². The molecule has 1 saturated heterocycles. The van der Waals surface area contributed by atoms with E-state index in [-0.39, 0.29) is 39.2 Å². The molecule has 0 radical (unpaired) electrons. The van der Waals surface area contributed by atoms with Crippen molar-refractivity contribution >= 4 is 7.60 Å². The zero-order valence-electron chi connectivity index (χ0n) is 12.4. The van der Waals surface area contributed by atoms with E-state index in [1.807, 2.05) is 45.0 Å². The minimum absolute atomic E-state index is 0. The first-order chi connectivity index (χ1) is 9.48. The zero-order valence-corrected chi connectivity index (χ0v) is 16.3. The van der Waals surface area contributed by atoms with Crippen molar-refractivity contribution in [2.45, 2.75) is 39.6 Å². The van der Waals surface area contributed by atoms with Gasteiger partial charge in [-0.15, -0.1) is 0 Å². The molecule has 2 heterocycles. The Labute approximate surface area is 140 Å². The predicted octanol–water partition coefficient (Wildman–Crippen LogP) is 4.07. The second-order valence-electron chi connectivity index (χ2n) is 5.85. The topological polar surface area (TPSA) is 44.8 Å². The molecule has 3 unspecified atom stereocenters. The van der Waals surface area contributed by atoms with Crippen molar-refractivity contribution in [3.8, 4) is 0 Å². The molecule has 1 aromatic rings. The zero-order chi connectivity index (χ0) is 14.3. The maximum Gasteiger partial charge on any atom is 0.301 e. The van der Waals surface area contributed by atoms with E-state index in [1.54, 1.807) is 0 Å². The quantitative estimate of drug-likeness (QED) is 0.474. The molecule has 0 amide bonds. The molecule has 0 bridgehead atoms. The number of hydrogen-bond donors (Lipinski definition) is 0. The van der Waals surface area contributed by atoms with Crippen LogP contribution in [0.2, 0.25) is 0 Å². The maximum atomic E-state index is 12.8. The average Bonchev–Trinajstić information content (AvgIpc) is 2.37. The standard InChI is InChI=1S/C15H20O4P.W/c1-10(2)9-20(16)18-11(3)14-15(19-20)13-7-5-4-6-12(13)8-17-14;/h4-7,10,14-15H,8-9H2,1-3H3;/q-1;. The van der Waals surface area contributed by atoms with Gasteiger partial charge in [0.15, 0.2) is 0 Å². The summed E-state index contributed by atoms with van der Waals surface area (Å²) in [6.07, 6.45) is 0.507. The molecule has 1 aromatic carbocycles. The van der Waals surface area contributed by atoms with Crippen molar-refractivity contribution in [2.24, 2.45) is 5.92 Å². The summed E-state index contributed by atoms with van der Waals surface area (Å²) in [5, 5.41) is 0. The molecule has 3 atom stereocenters. The summed E-state index contributed by atoms with van der Waals surface area (Å²) < 4.78 is 30.1. The van der Waals surface area contributed by atoms with Gasteiger partial charge in [-0.1, -0.05) is 38.1 Å². The third-order valence-corrected chi connectivity index (χ3v) is 5.89. The monoisotopic (exact) mass is 479 g/mol. The van der Waals surface area contributed by atoms with E-state index in [9.17, 15) is 4.57 Å². The van der Waals surface area contributed by atoms with Gasteiger partial charge in [-0.05, 0) is 23.1 Å². The van der Waals surface area contributed by atoms with Crippen LogP contribution in [0.1, 0.15) is 38.0 Å². The van der Waals surface area contributed by atoms with Crippen LogP contribution in [0.3, 0.4) is 0 Å². The molecule has 0 aromatic heterocycles. The molecule has 4 nitrogen and oxygen atoms in total. The van der Waals surface area contributed by atoms with Crippen molar-refractivity contribution < 1.29 is 39.4 Å². The fourth-order valence-electron chi connectivity index (χ4n) is 2.81. The Bertz CT molecular complexity index is 548. The van der Waals surface area contributed by atoms with Crippen molar-refractivity contribution in [1.82, 2.24) is 0 Å². The Morgan fingerprint density at radius 3 is 2.81 bits per heavy atom. The summed E-state index contributed by atoms with van der Waals surface area (Å²) in [4.78, 5) is 0. The van der Waals surface area contributed by atoms with Gasteiger partial charge in [0.25, 0.3) is 0 Å². The largest absolute Gasteiger partial charge is 0.480 e. The first-order valence-electron chi connectivity index (χ1n) is 6.98. The number of benzene rings is 1. The molecule has 6 heteroatoms. The smallest absolute Gasteiger partial charge is 0.301 e. The number of hydrogen-bond acceptors (Lipinski definition) is 4. The molecule has 2 aliphatic rings. The van der Waals surface area contributed by atoms with Gasteiger partial charge < -0.3 is 13.8 Å². The number of fused-ring (bicyclic) bond motifs is 3. The summed E-state index contributed by atoms with van der Waals surface area (Å²) in [5.41, 5.74) is 2.16. The Morgan fingerprint density at radius 2 is 2.10 bits per heavy atom. The van der Waals surface area contributed by atoms with Crippen molar-refractivity contribution in [2.75, 3.05) is 6.16 Å². The third kappa shape index (κ3) is 3.51. The van der Waals surface area contributed by atoms with Crippen molar-refractivity contribution in [1.29, 1.82) is 0 Å². The molecule has 0 N–H and O–H groups in total. The van der Waals surface area contributed by atoms with E-state index < -0.39 is 7.60 Å². The minimum atomic E-state index is -3.09. The van der Waals surface area contributed by atoms with Crippen molar-refractivity contribution in [3.63, 3.8) is 0 Å². The maximum absolute atomic E-state index is 12.8. The summed E-state index contributed by atoms with van der Waals surface area (Å²) in [6.45, 7) is 6.40. The Balaban J connectivity index is 0.00000161. The normalized spacial score (nSPS) is 32.2. The minimum Gasteiger partial charge on any atom is -0.480 e. The molecule has 0 spiro atoms. The van der Waals surface area contributed by atoms with Crippen LogP contribution in [0.25, 0.3) is 0 Å². The predicted molar refractivity (Wildman–Crippen MR) is 76.2 cm³/mol. The number of ether oxygens (including phenoxy) is 1. The van der Waals surface area contributed by atoms with Gasteiger partial charge in [0.1, 0.15) is 0 Å². The number of rotatable bonds is 2. The molecule has 0 aliphatic carbocycles. The second kappa shape index (κ2) is 6.64. The molecule has 3 rings (SSSR count). The average molecular weight is 479 g/mol. The van der Waals surface area contributed by atoms with Crippen LogP contribution < -0.4 is 0 Å². The Hall–Kier alpha value is 0.0183.